The molecule has 2 aliphatic rings. The lowest BCUT2D eigenvalue weighted by Crippen LogP contribution is -2.66. The van der Waals surface area contributed by atoms with Crippen molar-refractivity contribution < 1.29 is 24.6 Å². The van der Waals surface area contributed by atoms with Crippen LogP contribution in [0.25, 0.3) is 0 Å². The van der Waals surface area contributed by atoms with E-state index in [-0.39, 0.29) is 30.7 Å². The van der Waals surface area contributed by atoms with Gasteiger partial charge in [-0.05, 0) is 58.8 Å². The van der Waals surface area contributed by atoms with Gasteiger partial charge in [0.2, 0.25) is 17.8 Å². The number of guanidine groups is 1. The number of aliphatic hydroxyl groups is 2. The van der Waals surface area contributed by atoms with Gasteiger partial charge in [-0.3, -0.25) is 25.0 Å². The zero-order valence-corrected chi connectivity index (χ0v) is 26.7. The van der Waals surface area contributed by atoms with Crippen molar-refractivity contribution in [3.63, 3.8) is 0 Å². The minimum Gasteiger partial charge on any atom is -0.391 e. The van der Waals surface area contributed by atoms with Crippen LogP contribution >= 0.6 is 0 Å². The van der Waals surface area contributed by atoms with Gasteiger partial charge < -0.3 is 20.8 Å². The van der Waals surface area contributed by atoms with Gasteiger partial charge in [-0.1, -0.05) is 79.8 Å². The smallest absolute Gasteiger partial charge is 0.273 e. The highest BCUT2D eigenvalue weighted by atomic mass is 16.3. The number of nitrogens with one attached hydrogen (secondary N) is 4. The van der Waals surface area contributed by atoms with E-state index in [4.69, 9.17) is 0 Å². The Balaban J connectivity index is 1.58. The van der Waals surface area contributed by atoms with E-state index < -0.39 is 42.1 Å². The molecule has 0 radical (unpaired) electrons. The number of aliphatic hydroxyl groups excluding tert-OH is 2. The largest absolute Gasteiger partial charge is 0.391 e. The minimum absolute atomic E-state index is 0.181. The number of amides is 3. The second-order valence-corrected chi connectivity index (χ2v) is 10.8. The van der Waals surface area contributed by atoms with Gasteiger partial charge in [0, 0.05) is 13.0 Å². The Morgan fingerprint density at radius 2 is 1.40 bits per heavy atom. The number of rotatable bonds is 18. The molecule has 0 saturated carbocycles. The van der Waals surface area contributed by atoms with Crippen LogP contribution in [-0.4, -0.2) is 76.6 Å². The van der Waals surface area contributed by atoms with Crippen molar-refractivity contribution in [3.05, 3.63) is 72.9 Å². The molecule has 1 fully saturated rings. The van der Waals surface area contributed by atoms with E-state index in [1.165, 1.54) is 13.8 Å². The van der Waals surface area contributed by atoms with Crippen LogP contribution in [0.3, 0.4) is 0 Å². The number of carbonyl (C=O) groups is 3. The van der Waals surface area contributed by atoms with Gasteiger partial charge in [0.15, 0.2) is 0 Å². The molecule has 1 saturated heterocycles. The summed E-state index contributed by atoms with van der Waals surface area (Å²) in [6, 6.07) is -2.35. The second kappa shape index (κ2) is 21.7. The summed E-state index contributed by atoms with van der Waals surface area (Å²) < 4.78 is 0. The Bertz CT molecular complexity index is 1200. The molecule has 5 atom stereocenters. The van der Waals surface area contributed by atoms with E-state index >= 15 is 0 Å². The summed E-state index contributed by atoms with van der Waals surface area (Å²) in [6.45, 7) is 5.35. The molecule has 2 aliphatic heterocycles. The molecule has 6 N–H and O–H groups in total. The monoisotopic (exact) mass is 622 g/mol. The highest BCUT2D eigenvalue weighted by Gasteiger charge is 2.38. The molecule has 1 unspecified atom stereocenters. The van der Waals surface area contributed by atoms with Crippen LogP contribution in [0.5, 0.6) is 0 Å². The third-order valence-electron chi connectivity index (χ3n) is 6.89. The van der Waals surface area contributed by atoms with Gasteiger partial charge in [0.05, 0.1) is 18.2 Å². The Morgan fingerprint density at radius 1 is 0.867 bits per heavy atom. The molecule has 2 rings (SSSR count). The Morgan fingerprint density at radius 3 is 1.93 bits per heavy atom. The topological polar surface area (TPSA) is 165 Å². The van der Waals surface area contributed by atoms with Gasteiger partial charge >= 0.3 is 0 Å². The lowest BCUT2D eigenvalue weighted by atomic mass is 10.0. The minimum atomic E-state index is -1.08. The molecule has 246 valence electrons. The highest BCUT2D eigenvalue weighted by molar-refractivity contribution is 6.20. The van der Waals surface area contributed by atoms with Crippen LogP contribution in [0.15, 0.2) is 82.9 Å². The molecule has 0 aromatic rings. The zero-order valence-electron chi connectivity index (χ0n) is 26.7. The first-order valence-electron chi connectivity index (χ1n) is 15.8. The van der Waals surface area contributed by atoms with Gasteiger partial charge in [0.25, 0.3) is 5.91 Å². The summed E-state index contributed by atoms with van der Waals surface area (Å²) in [5, 5.41) is 30.6. The van der Waals surface area contributed by atoms with E-state index in [0.717, 1.165) is 38.5 Å². The average Bonchev–Trinajstić information content (AvgIpc) is 3.01. The van der Waals surface area contributed by atoms with E-state index in [0.29, 0.717) is 6.42 Å². The van der Waals surface area contributed by atoms with Crippen LogP contribution in [0.2, 0.25) is 0 Å². The number of allylic oxidation sites excluding steroid dienone is 12. The van der Waals surface area contributed by atoms with Crippen molar-refractivity contribution in [2.45, 2.75) is 102 Å². The average molecular weight is 623 g/mol. The SMILES string of the molecule is CCC=CCC=CCC=CCC=CCC=CCC=CCCC(=O)N[C@@H](C)C(=O)NC1=NC(=O)C2N[C@@H]([C@@H](O)[C@H](C)O)CNC2=N1. The number of nitrogens with zero attached hydrogens (tertiary/aromatic N) is 2. The maximum atomic E-state index is 12.6. The molecular formula is C34H50N6O5. The molecule has 0 aromatic heterocycles. The Labute approximate surface area is 267 Å². The van der Waals surface area contributed by atoms with E-state index in [1.54, 1.807) is 0 Å². The summed E-state index contributed by atoms with van der Waals surface area (Å²) in [7, 11) is 0. The summed E-state index contributed by atoms with van der Waals surface area (Å²) >= 11 is 0. The van der Waals surface area contributed by atoms with E-state index in [2.05, 4.69) is 98.9 Å². The van der Waals surface area contributed by atoms with Crippen LogP contribution in [0, 0.1) is 0 Å². The highest BCUT2D eigenvalue weighted by Crippen LogP contribution is 2.10. The van der Waals surface area contributed by atoms with Crippen molar-refractivity contribution in [2.75, 3.05) is 6.54 Å². The van der Waals surface area contributed by atoms with Crippen LogP contribution in [0.1, 0.15) is 72.1 Å². The van der Waals surface area contributed by atoms with Gasteiger partial charge in [-0.15, -0.1) is 0 Å². The van der Waals surface area contributed by atoms with Gasteiger partial charge in [0.1, 0.15) is 17.9 Å². The first-order valence-corrected chi connectivity index (χ1v) is 15.8. The predicted molar refractivity (Wildman–Crippen MR) is 179 cm³/mol. The Hall–Kier alpha value is -3.93. The van der Waals surface area contributed by atoms with Crippen molar-refractivity contribution >= 4 is 29.5 Å². The van der Waals surface area contributed by atoms with Crippen LogP contribution in [-0.2, 0) is 14.4 Å². The zero-order chi connectivity index (χ0) is 32.9. The van der Waals surface area contributed by atoms with Gasteiger partial charge in [-0.2, -0.15) is 9.98 Å². The Kier molecular flexibility index (Phi) is 18.0. The number of fused-ring (bicyclic) bond motifs is 1. The number of amidine groups is 1. The van der Waals surface area contributed by atoms with E-state index in [9.17, 15) is 24.6 Å². The number of hydrogen-bond donors (Lipinski definition) is 6. The molecule has 2 heterocycles. The van der Waals surface area contributed by atoms with Gasteiger partial charge in [-0.25, -0.2) is 0 Å². The molecule has 11 heteroatoms. The summed E-state index contributed by atoms with van der Waals surface area (Å²) in [5.41, 5.74) is 0. The van der Waals surface area contributed by atoms with Crippen LogP contribution in [0.4, 0.5) is 0 Å². The van der Waals surface area contributed by atoms with Crippen molar-refractivity contribution in [1.29, 1.82) is 0 Å². The van der Waals surface area contributed by atoms with Crippen molar-refractivity contribution in [3.8, 4) is 0 Å². The molecule has 0 bridgehead atoms. The lowest BCUT2D eigenvalue weighted by molar-refractivity contribution is -0.127. The van der Waals surface area contributed by atoms with E-state index in [1.807, 2.05) is 12.2 Å². The number of hydrogen-bond acceptors (Lipinski definition) is 8. The number of carbonyl (C=O) groups excluding carboxylic acids is 3. The molecule has 45 heavy (non-hydrogen) atoms. The molecule has 11 nitrogen and oxygen atoms in total. The maximum Gasteiger partial charge on any atom is 0.273 e. The second-order valence-electron chi connectivity index (χ2n) is 10.8. The summed E-state index contributed by atoms with van der Waals surface area (Å²) in [6.07, 6.45) is 29.9. The standard InChI is InChI=1S/C34H50N6O5/c1-4-5-6-7-8-9-10-11-12-13-14-15-16-17-18-19-20-21-22-23-28(42)36-25(2)32(44)39-34-38-31-29(33(45)40-34)37-27(24-35-31)30(43)26(3)41/h5-6,8-9,11-12,14-15,17-18,20-21,25-27,29-30,37,41,43H,4,7,10,13,16,19,22-24H2,1-3H3,(H,36,42)(H2,35,38,39,40,44,45)/t25-,26-,27+,29?,30-/m0/s1. The molecule has 0 spiro atoms. The number of aliphatic imine (C=N–C) groups is 2. The number of piperazine rings is 1. The molecule has 0 aliphatic carbocycles. The molecule has 0 aromatic carbocycles. The normalized spacial score (nSPS) is 21.0. The fraction of sp³-hybridized carbons (Fsp3) is 0.500. The summed E-state index contributed by atoms with van der Waals surface area (Å²) in [4.78, 5) is 45.3. The lowest BCUT2D eigenvalue weighted by Gasteiger charge is -2.36. The van der Waals surface area contributed by atoms with Crippen LogP contribution < -0.4 is 21.3 Å². The third-order valence-corrected chi connectivity index (χ3v) is 6.89. The fourth-order valence-electron chi connectivity index (χ4n) is 4.33. The molecule has 3 amide bonds. The predicted octanol–water partition coefficient (Wildman–Crippen LogP) is 3.05. The quantitative estimate of drug-likeness (QED) is 0.128. The first-order chi connectivity index (χ1) is 21.7. The fourth-order valence-corrected chi connectivity index (χ4v) is 4.33. The maximum absolute atomic E-state index is 12.6. The molecular weight excluding hydrogens is 572 g/mol. The summed E-state index contributed by atoms with van der Waals surface area (Å²) in [5.74, 6) is -1.35. The first kappa shape index (κ1) is 37.3. The van der Waals surface area contributed by atoms with Crippen molar-refractivity contribution in [2.24, 2.45) is 9.98 Å². The van der Waals surface area contributed by atoms with Crippen molar-refractivity contribution in [1.82, 2.24) is 21.3 Å². The third kappa shape index (κ3) is 15.1.